The van der Waals surface area contributed by atoms with Crippen LogP contribution < -0.4 is 5.32 Å². The summed E-state index contributed by atoms with van der Waals surface area (Å²) in [5.41, 5.74) is 0. The van der Waals surface area contributed by atoms with Crippen LogP contribution in [0.5, 0.6) is 0 Å². The first kappa shape index (κ1) is 10.3. The van der Waals surface area contributed by atoms with Crippen molar-refractivity contribution in [2.45, 2.75) is 45.7 Å². The minimum absolute atomic E-state index is 0.426. The molecule has 0 saturated carbocycles. The van der Waals surface area contributed by atoms with E-state index in [1.165, 1.54) is 24.5 Å². The molecule has 4 nitrogen and oxygen atoms in total. The Kier molecular flexibility index (Phi) is 2.46. The second-order valence-corrected chi connectivity index (χ2v) is 5.42. The zero-order chi connectivity index (χ0) is 11.1. The summed E-state index contributed by atoms with van der Waals surface area (Å²) in [4.78, 5) is 0. The molecule has 1 fully saturated rings. The summed E-state index contributed by atoms with van der Waals surface area (Å²) in [7, 11) is 0. The third-order valence-corrected chi connectivity index (χ3v) is 4.04. The van der Waals surface area contributed by atoms with Gasteiger partial charge in [-0.25, -0.2) is 0 Å². The van der Waals surface area contributed by atoms with E-state index in [2.05, 4.69) is 33.9 Å². The highest BCUT2D eigenvalue weighted by atomic mass is 15.3. The topological polar surface area (TPSA) is 42.7 Å². The van der Waals surface area contributed by atoms with Gasteiger partial charge in [0, 0.05) is 13.0 Å². The largest absolute Gasteiger partial charge is 0.314 e. The highest BCUT2D eigenvalue weighted by Gasteiger charge is 2.31. The highest BCUT2D eigenvalue weighted by Crippen LogP contribution is 2.30. The molecule has 16 heavy (non-hydrogen) atoms. The predicted molar refractivity (Wildman–Crippen MR) is 62.0 cm³/mol. The first-order valence-corrected chi connectivity index (χ1v) is 6.41. The molecular formula is C12H20N4. The molecule has 3 heterocycles. The van der Waals surface area contributed by atoms with Gasteiger partial charge in [0.25, 0.3) is 0 Å². The monoisotopic (exact) mass is 220 g/mol. The minimum atomic E-state index is 0.426. The average Bonchev–Trinajstić information content (AvgIpc) is 2.83. The van der Waals surface area contributed by atoms with Crippen LogP contribution in [0.1, 0.15) is 44.4 Å². The van der Waals surface area contributed by atoms with E-state index in [1.807, 2.05) is 0 Å². The Bertz CT molecular complexity index is 384. The van der Waals surface area contributed by atoms with Crippen LogP contribution in [0.2, 0.25) is 0 Å². The number of hydrogen-bond acceptors (Lipinski definition) is 3. The lowest BCUT2D eigenvalue weighted by Gasteiger charge is -2.23. The summed E-state index contributed by atoms with van der Waals surface area (Å²) in [5, 5.41) is 12.3. The molecule has 1 saturated heterocycles. The number of aromatic nitrogens is 3. The van der Waals surface area contributed by atoms with Gasteiger partial charge in [0.2, 0.25) is 0 Å². The Morgan fingerprint density at radius 2 is 2.12 bits per heavy atom. The molecule has 3 unspecified atom stereocenters. The molecule has 0 amide bonds. The molecule has 2 aliphatic rings. The van der Waals surface area contributed by atoms with Gasteiger partial charge in [-0.2, -0.15) is 0 Å². The normalized spacial score (nSPS) is 34.0. The zero-order valence-corrected chi connectivity index (χ0v) is 10.1. The molecule has 0 aromatic carbocycles. The van der Waals surface area contributed by atoms with E-state index in [4.69, 9.17) is 0 Å². The average molecular weight is 220 g/mol. The Balaban J connectivity index is 1.91. The van der Waals surface area contributed by atoms with Crippen LogP contribution in [0.3, 0.4) is 0 Å². The number of nitrogens with zero attached hydrogens (tertiary/aromatic N) is 3. The van der Waals surface area contributed by atoms with Crippen molar-refractivity contribution in [1.29, 1.82) is 0 Å². The molecule has 1 aromatic heterocycles. The maximum atomic E-state index is 4.42. The van der Waals surface area contributed by atoms with E-state index < -0.39 is 0 Å². The fourth-order valence-corrected chi connectivity index (χ4v) is 2.92. The summed E-state index contributed by atoms with van der Waals surface area (Å²) < 4.78 is 2.35. The van der Waals surface area contributed by atoms with E-state index in [0.29, 0.717) is 12.0 Å². The molecule has 1 N–H and O–H groups in total. The summed E-state index contributed by atoms with van der Waals surface area (Å²) >= 11 is 0. The van der Waals surface area contributed by atoms with Crippen LogP contribution in [-0.2, 0) is 13.0 Å². The molecule has 3 rings (SSSR count). The fourth-order valence-electron chi connectivity index (χ4n) is 2.92. The predicted octanol–water partition coefficient (Wildman–Crippen LogP) is 1.53. The SMILES string of the molecule is CC1CCn2c(nnc2C2NCCC2C)C1. The summed E-state index contributed by atoms with van der Waals surface area (Å²) in [6.07, 6.45) is 3.61. The van der Waals surface area contributed by atoms with Gasteiger partial charge in [0.15, 0.2) is 0 Å². The first-order chi connectivity index (χ1) is 7.75. The van der Waals surface area contributed by atoms with E-state index in [-0.39, 0.29) is 0 Å². The van der Waals surface area contributed by atoms with Crippen molar-refractivity contribution >= 4 is 0 Å². The van der Waals surface area contributed by atoms with Gasteiger partial charge in [-0.1, -0.05) is 13.8 Å². The lowest BCUT2D eigenvalue weighted by Crippen LogP contribution is -2.25. The van der Waals surface area contributed by atoms with Crippen LogP contribution in [0.15, 0.2) is 0 Å². The Morgan fingerprint density at radius 1 is 1.25 bits per heavy atom. The zero-order valence-electron chi connectivity index (χ0n) is 10.1. The van der Waals surface area contributed by atoms with Crippen LogP contribution >= 0.6 is 0 Å². The molecule has 0 spiro atoms. The van der Waals surface area contributed by atoms with Crippen molar-refractivity contribution in [2.24, 2.45) is 11.8 Å². The van der Waals surface area contributed by atoms with Gasteiger partial charge in [0.05, 0.1) is 6.04 Å². The Labute approximate surface area is 96.4 Å². The summed E-state index contributed by atoms with van der Waals surface area (Å²) in [5.74, 6) is 3.81. The third kappa shape index (κ3) is 1.56. The van der Waals surface area contributed by atoms with Crippen molar-refractivity contribution in [2.75, 3.05) is 6.54 Å². The fraction of sp³-hybridized carbons (Fsp3) is 0.833. The maximum absolute atomic E-state index is 4.42. The Hall–Kier alpha value is -0.900. The molecule has 3 atom stereocenters. The quantitative estimate of drug-likeness (QED) is 0.780. The lowest BCUT2D eigenvalue weighted by atomic mass is 9.99. The van der Waals surface area contributed by atoms with Crippen molar-refractivity contribution in [1.82, 2.24) is 20.1 Å². The smallest absolute Gasteiger partial charge is 0.150 e. The summed E-state index contributed by atoms with van der Waals surface area (Å²) in [6, 6.07) is 0.426. The van der Waals surface area contributed by atoms with E-state index in [0.717, 1.165) is 25.4 Å². The second kappa shape index (κ2) is 3.84. The molecule has 0 bridgehead atoms. The summed E-state index contributed by atoms with van der Waals surface area (Å²) in [6.45, 7) is 6.82. The number of hydrogen-bond donors (Lipinski definition) is 1. The van der Waals surface area contributed by atoms with Crippen molar-refractivity contribution < 1.29 is 0 Å². The second-order valence-electron chi connectivity index (χ2n) is 5.42. The molecule has 4 heteroatoms. The van der Waals surface area contributed by atoms with E-state index in [1.54, 1.807) is 0 Å². The van der Waals surface area contributed by atoms with Crippen molar-refractivity contribution in [3.05, 3.63) is 11.6 Å². The van der Waals surface area contributed by atoms with Crippen LogP contribution in [-0.4, -0.2) is 21.3 Å². The van der Waals surface area contributed by atoms with Gasteiger partial charge in [-0.05, 0) is 31.2 Å². The highest BCUT2D eigenvalue weighted by molar-refractivity contribution is 5.07. The standard InChI is InChI=1S/C12H20N4/c1-8-4-6-16-10(7-8)14-15-12(16)11-9(2)3-5-13-11/h8-9,11,13H,3-7H2,1-2H3. The number of nitrogens with one attached hydrogen (secondary N) is 1. The van der Waals surface area contributed by atoms with Crippen LogP contribution in [0, 0.1) is 11.8 Å². The van der Waals surface area contributed by atoms with Gasteiger partial charge in [-0.3, -0.25) is 0 Å². The molecule has 0 radical (unpaired) electrons. The number of fused-ring (bicyclic) bond motifs is 1. The molecule has 88 valence electrons. The van der Waals surface area contributed by atoms with Gasteiger partial charge in [-0.15, -0.1) is 10.2 Å². The third-order valence-electron chi connectivity index (χ3n) is 4.04. The van der Waals surface area contributed by atoms with Gasteiger partial charge in [0.1, 0.15) is 11.6 Å². The van der Waals surface area contributed by atoms with Gasteiger partial charge >= 0.3 is 0 Å². The van der Waals surface area contributed by atoms with E-state index in [9.17, 15) is 0 Å². The van der Waals surface area contributed by atoms with Gasteiger partial charge < -0.3 is 9.88 Å². The Morgan fingerprint density at radius 3 is 2.88 bits per heavy atom. The van der Waals surface area contributed by atoms with Crippen molar-refractivity contribution in [3.8, 4) is 0 Å². The first-order valence-electron chi connectivity index (χ1n) is 6.41. The van der Waals surface area contributed by atoms with Crippen LogP contribution in [0.4, 0.5) is 0 Å². The molecule has 1 aromatic rings. The lowest BCUT2D eigenvalue weighted by molar-refractivity contribution is 0.381. The molecule has 2 aliphatic heterocycles. The molecular weight excluding hydrogens is 200 g/mol. The van der Waals surface area contributed by atoms with E-state index >= 15 is 0 Å². The van der Waals surface area contributed by atoms with Crippen LogP contribution in [0.25, 0.3) is 0 Å². The minimum Gasteiger partial charge on any atom is -0.314 e. The molecule has 0 aliphatic carbocycles. The van der Waals surface area contributed by atoms with Crippen molar-refractivity contribution in [3.63, 3.8) is 0 Å². The maximum Gasteiger partial charge on any atom is 0.150 e. The number of rotatable bonds is 1.